The number of allylic oxidation sites excluding steroid dienone is 1. The number of cyclic esters (lactones) is 2. The molecule has 224 valence electrons. The molecule has 0 saturated carbocycles. The molecule has 38 heavy (non-hydrogen) atoms. The third-order valence-electron chi connectivity index (χ3n) is 7.55. The van der Waals surface area contributed by atoms with Crippen LogP contribution in [0.1, 0.15) is 181 Å². The van der Waals surface area contributed by atoms with Gasteiger partial charge >= 0.3 is 11.9 Å². The van der Waals surface area contributed by atoms with Gasteiger partial charge in [0.25, 0.3) is 0 Å². The van der Waals surface area contributed by atoms with Gasteiger partial charge in [-0.3, -0.25) is 9.59 Å². The van der Waals surface area contributed by atoms with Crippen LogP contribution < -0.4 is 5.73 Å². The molecule has 1 aliphatic rings. The molecule has 0 amide bonds. The molecule has 0 spiro atoms. The maximum Gasteiger partial charge on any atom is 0.321 e. The van der Waals surface area contributed by atoms with Crippen molar-refractivity contribution in [2.75, 3.05) is 6.54 Å². The van der Waals surface area contributed by atoms with Crippen molar-refractivity contribution in [3.63, 3.8) is 0 Å². The van der Waals surface area contributed by atoms with E-state index in [9.17, 15) is 9.59 Å². The van der Waals surface area contributed by atoms with Crippen molar-refractivity contribution in [2.45, 2.75) is 181 Å². The van der Waals surface area contributed by atoms with Gasteiger partial charge in [0.05, 0.1) is 12.3 Å². The SMILES string of the molecule is CCCCCCCCCC/C=C/C1CC(=O)OC1=O.CCCCCCCCCCCCCCCCCCN. The van der Waals surface area contributed by atoms with Crippen LogP contribution >= 0.6 is 0 Å². The molecule has 2 N–H and O–H groups in total. The summed E-state index contributed by atoms with van der Waals surface area (Å²) in [6.07, 6.45) is 38.4. The Balaban J connectivity index is 0.000000721. The van der Waals surface area contributed by atoms with Gasteiger partial charge in [0.1, 0.15) is 0 Å². The maximum absolute atomic E-state index is 11.2. The third kappa shape index (κ3) is 26.4. The van der Waals surface area contributed by atoms with E-state index in [1.54, 1.807) is 0 Å². The Kier molecular flexibility index (Phi) is 29.5. The fraction of sp³-hybridized carbons (Fsp3) is 0.882. The molecule has 1 saturated heterocycles. The summed E-state index contributed by atoms with van der Waals surface area (Å²) in [5, 5.41) is 0. The number of carbonyl (C=O) groups is 2. The molecule has 4 heteroatoms. The number of esters is 2. The molecule has 0 bridgehead atoms. The van der Waals surface area contributed by atoms with Gasteiger partial charge in [-0.15, -0.1) is 0 Å². The zero-order valence-electron chi connectivity index (χ0n) is 25.6. The van der Waals surface area contributed by atoms with Crippen molar-refractivity contribution in [2.24, 2.45) is 11.7 Å². The Hall–Kier alpha value is -1.16. The summed E-state index contributed by atoms with van der Waals surface area (Å²) in [7, 11) is 0. The Morgan fingerprint density at radius 3 is 1.32 bits per heavy atom. The Morgan fingerprint density at radius 1 is 0.605 bits per heavy atom. The second-order valence-electron chi connectivity index (χ2n) is 11.4. The molecule has 0 aromatic rings. The lowest BCUT2D eigenvalue weighted by molar-refractivity contribution is -0.152. The van der Waals surface area contributed by atoms with Crippen LogP contribution in [0.4, 0.5) is 0 Å². The van der Waals surface area contributed by atoms with Gasteiger partial charge in [-0.1, -0.05) is 167 Å². The van der Waals surface area contributed by atoms with E-state index in [0.717, 1.165) is 13.0 Å². The minimum atomic E-state index is -0.397. The predicted octanol–water partition coefficient (Wildman–Crippen LogP) is 10.4. The van der Waals surface area contributed by atoms with Crippen LogP contribution in [0.15, 0.2) is 12.2 Å². The van der Waals surface area contributed by atoms with Crippen LogP contribution in [-0.2, 0) is 14.3 Å². The lowest BCUT2D eigenvalue weighted by Gasteiger charge is -2.03. The second-order valence-corrected chi connectivity index (χ2v) is 11.4. The first-order valence-electron chi connectivity index (χ1n) is 16.8. The summed E-state index contributed by atoms with van der Waals surface area (Å²) in [6, 6.07) is 0. The molecule has 1 unspecified atom stereocenters. The van der Waals surface area contributed by atoms with Crippen molar-refractivity contribution in [1.29, 1.82) is 0 Å². The van der Waals surface area contributed by atoms with E-state index in [1.165, 1.54) is 154 Å². The highest BCUT2D eigenvalue weighted by molar-refractivity contribution is 5.95. The number of ether oxygens (including phenoxy) is 1. The zero-order chi connectivity index (χ0) is 27.9. The van der Waals surface area contributed by atoms with Crippen LogP contribution in [0.5, 0.6) is 0 Å². The summed E-state index contributed by atoms with van der Waals surface area (Å²) < 4.78 is 4.49. The van der Waals surface area contributed by atoms with Gasteiger partial charge < -0.3 is 10.5 Å². The summed E-state index contributed by atoms with van der Waals surface area (Å²) in [5.74, 6) is -1.12. The molecule has 0 aromatic heterocycles. The first kappa shape index (κ1) is 36.8. The average molecular weight is 536 g/mol. The number of rotatable bonds is 26. The van der Waals surface area contributed by atoms with Crippen LogP contribution in [0.25, 0.3) is 0 Å². The smallest absolute Gasteiger partial charge is 0.321 e. The third-order valence-corrected chi connectivity index (χ3v) is 7.55. The van der Waals surface area contributed by atoms with Crippen LogP contribution in [0.2, 0.25) is 0 Å². The van der Waals surface area contributed by atoms with Crippen LogP contribution in [0.3, 0.4) is 0 Å². The van der Waals surface area contributed by atoms with E-state index in [4.69, 9.17) is 5.73 Å². The number of carbonyl (C=O) groups excluding carboxylic acids is 2. The lowest BCUT2D eigenvalue weighted by atomic mass is 10.0. The molecule has 1 fully saturated rings. The normalized spacial score (nSPS) is 15.2. The van der Waals surface area contributed by atoms with Gasteiger partial charge in [0.2, 0.25) is 0 Å². The highest BCUT2D eigenvalue weighted by Crippen LogP contribution is 2.18. The van der Waals surface area contributed by atoms with Crippen LogP contribution in [-0.4, -0.2) is 18.5 Å². The Morgan fingerprint density at radius 2 is 0.974 bits per heavy atom. The highest BCUT2D eigenvalue weighted by Gasteiger charge is 2.30. The molecule has 0 aliphatic carbocycles. The van der Waals surface area contributed by atoms with Crippen molar-refractivity contribution < 1.29 is 14.3 Å². The summed E-state index contributed by atoms with van der Waals surface area (Å²) in [6.45, 7) is 5.40. The molecule has 0 aromatic carbocycles. The van der Waals surface area contributed by atoms with E-state index in [0.29, 0.717) is 0 Å². The molecule has 1 heterocycles. The molecule has 0 radical (unpaired) electrons. The quantitative estimate of drug-likeness (QED) is 0.0517. The Bertz CT molecular complexity index is 530. The first-order chi connectivity index (χ1) is 18.7. The van der Waals surface area contributed by atoms with Crippen molar-refractivity contribution in [3.05, 3.63) is 12.2 Å². The van der Waals surface area contributed by atoms with Gasteiger partial charge in [-0.2, -0.15) is 0 Å². The van der Waals surface area contributed by atoms with Crippen molar-refractivity contribution >= 4 is 11.9 Å². The van der Waals surface area contributed by atoms with Gasteiger partial charge in [-0.25, -0.2) is 0 Å². The molecular formula is C34H65NO3. The highest BCUT2D eigenvalue weighted by atomic mass is 16.6. The minimum Gasteiger partial charge on any atom is -0.393 e. The van der Waals surface area contributed by atoms with Crippen molar-refractivity contribution in [3.8, 4) is 0 Å². The monoisotopic (exact) mass is 535 g/mol. The van der Waals surface area contributed by atoms with E-state index in [1.807, 2.05) is 12.2 Å². The van der Waals surface area contributed by atoms with E-state index >= 15 is 0 Å². The standard InChI is InChI=1S/C18H39N.C16H26O3/c1-2-3-4-5-6-7-8-9-10-11-12-13-14-15-16-17-18-19;1-2-3-4-5-6-7-8-9-10-11-12-14-13-15(17)19-16(14)18/h2-19H2,1H3;11-12,14H,2-10,13H2,1H3/b;12-11+. The average Bonchev–Trinajstić information content (AvgIpc) is 3.24. The summed E-state index contributed by atoms with van der Waals surface area (Å²) in [4.78, 5) is 22.1. The first-order valence-corrected chi connectivity index (χ1v) is 16.8. The molecule has 1 aliphatic heterocycles. The fourth-order valence-corrected chi connectivity index (χ4v) is 4.99. The summed E-state index contributed by atoms with van der Waals surface area (Å²) >= 11 is 0. The fourth-order valence-electron chi connectivity index (χ4n) is 4.99. The predicted molar refractivity (Wildman–Crippen MR) is 164 cm³/mol. The van der Waals surface area contributed by atoms with Crippen molar-refractivity contribution in [1.82, 2.24) is 0 Å². The lowest BCUT2D eigenvalue weighted by Crippen LogP contribution is -2.03. The van der Waals surface area contributed by atoms with Crippen LogP contribution in [0, 0.1) is 5.92 Å². The molecule has 1 rings (SSSR count). The van der Waals surface area contributed by atoms with Gasteiger partial charge in [0, 0.05) is 0 Å². The zero-order valence-corrected chi connectivity index (χ0v) is 25.6. The minimum absolute atomic E-state index is 0.215. The Labute approximate surface area is 237 Å². The maximum atomic E-state index is 11.2. The number of hydrogen-bond donors (Lipinski definition) is 1. The van der Waals surface area contributed by atoms with E-state index < -0.39 is 11.9 Å². The number of nitrogens with two attached hydrogens (primary N) is 1. The summed E-state index contributed by atoms with van der Waals surface area (Å²) in [5.41, 5.74) is 5.48. The topological polar surface area (TPSA) is 69.4 Å². The largest absolute Gasteiger partial charge is 0.393 e. The number of unbranched alkanes of at least 4 members (excludes halogenated alkanes) is 23. The number of hydrogen-bond acceptors (Lipinski definition) is 4. The van der Waals surface area contributed by atoms with Gasteiger partial charge in [0.15, 0.2) is 0 Å². The molecule has 1 atom stereocenters. The second kappa shape index (κ2) is 30.4. The van der Waals surface area contributed by atoms with Gasteiger partial charge in [-0.05, 0) is 25.8 Å². The molecular weight excluding hydrogens is 470 g/mol. The van der Waals surface area contributed by atoms with E-state index in [-0.39, 0.29) is 12.3 Å². The van der Waals surface area contributed by atoms with E-state index in [2.05, 4.69) is 18.6 Å². The molecule has 4 nitrogen and oxygen atoms in total.